The number of nitrogens with zero attached hydrogens (tertiary/aromatic N) is 1. The Hall–Kier alpha value is -2.40. The van der Waals surface area contributed by atoms with Gasteiger partial charge in [-0.25, -0.2) is 0 Å². The first-order chi connectivity index (χ1) is 12.6. The molecule has 2 amide bonds. The van der Waals surface area contributed by atoms with Crippen LogP contribution in [0.1, 0.15) is 25.7 Å². The number of carbonyl (C=O) groups excluding carboxylic acids is 3. The van der Waals surface area contributed by atoms with Crippen LogP contribution in [0.3, 0.4) is 0 Å². The zero-order valence-electron chi connectivity index (χ0n) is 14.6. The first-order valence-corrected chi connectivity index (χ1v) is 8.90. The largest absolute Gasteiger partial charge is 0.480 e. The minimum absolute atomic E-state index is 0.0985. The Morgan fingerprint density at radius 3 is 2.44 bits per heavy atom. The molecule has 5 N–H and O–H groups in total. The minimum Gasteiger partial charge on any atom is -0.480 e. The summed E-state index contributed by atoms with van der Waals surface area (Å²) in [7, 11) is 0. The standard InChI is InChI=1S/C16H23N3O7S/c17-10(16(25)26)4-5-13(21)18-11(8-27)15(24)19(7-14(22)23)6-9-2-1-3-12(9)20/h2,10-11,27H,1,3-8,17H2,(H,18,21)(H,22,23)(H,25,26). The molecule has 0 fully saturated rings. The molecule has 0 heterocycles. The number of amides is 2. The average Bonchev–Trinajstić information content (AvgIpc) is 3.00. The molecule has 0 aliphatic heterocycles. The Balaban J connectivity index is 2.74. The van der Waals surface area contributed by atoms with E-state index in [1.807, 2.05) is 0 Å². The minimum atomic E-state index is -1.26. The van der Waals surface area contributed by atoms with Crippen molar-refractivity contribution in [1.29, 1.82) is 0 Å². The van der Waals surface area contributed by atoms with Gasteiger partial charge in [-0.2, -0.15) is 12.6 Å². The lowest BCUT2D eigenvalue weighted by molar-refractivity contribution is -0.145. The summed E-state index contributed by atoms with van der Waals surface area (Å²) in [4.78, 5) is 59.0. The van der Waals surface area contributed by atoms with E-state index < -0.39 is 42.4 Å². The van der Waals surface area contributed by atoms with E-state index >= 15 is 0 Å². The van der Waals surface area contributed by atoms with Crippen LogP contribution < -0.4 is 11.1 Å². The van der Waals surface area contributed by atoms with Gasteiger partial charge in [0.2, 0.25) is 11.8 Å². The van der Waals surface area contributed by atoms with Crippen LogP contribution in [0.15, 0.2) is 11.6 Å². The Bertz CT molecular complexity index is 650. The average molecular weight is 401 g/mol. The van der Waals surface area contributed by atoms with Gasteiger partial charge in [0, 0.05) is 30.7 Å². The monoisotopic (exact) mass is 401 g/mol. The van der Waals surface area contributed by atoms with Crippen LogP contribution in [-0.2, 0) is 24.0 Å². The van der Waals surface area contributed by atoms with Gasteiger partial charge in [-0.15, -0.1) is 0 Å². The molecule has 0 spiro atoms. The zero-order valence-corrected chi connectivity index (χ0v) is 15.5. The van der Waals surface area contributed by atoms with Crippen LogP contribution in [-0.4, -0.2) is 75.6 Å². The summed E-state index contributed by atoms with van der Waals surface area (Å²) >= 11 is 4.01. The number of ketones is 1. The molecule has 2 unspecified atom stereocenters. The molecule has 0 bridgehead atoms. The van der Waals surface area contributed by atoms with E-state index in [9.17, 15) is 24.0 Å². The van der Waals surface area contributed by atoms with Gasteiger partial charge in [-0.1, -0.05) is 6.08 Å². The second-order valence-corrected chi connectivity index (χ2v) is 6.43. The zero-order chi connectivity index (χ0) is 20.6. The van der Waals surface area contributed by atoms with Gasteiger partial charge in [0.1, 0.15) is 18.6 Å². The number of nitrogens with one attached hydrogen (secondary N) is 1. The first kappa shape index (κ1) is 22.6. The van der Waals surface area contributed by atoms with Crippen molar-refractivity contribution < 1.29 is 34.2 Å². The predicted molar refractivity (Wildman–Crippen MR) is 97.2 cm³/mol. The summed E-state index contributed by atoms with van der Waals surface area (Å²) in [5.41, 5.74) is 5.68. The van der Waals surface area contributed by atoms with Crippen molar-refractivity contribution in [3.05, 3.63) is 11.6 Å². The normalized spacial score (nSPS) is 15.6. The highest BCUT2D eigenvalue weighted by Gasteiger charge is 2.29. The number of Topliss-reactive ketones (excluding diaryl/α,β-unsaturated/α-hetero) is 1. The maximum Gasteiger partial charge on any atom is 0.323 e. The SMILES string of the molecule is NC(CCC(=O)NC(CS)C(=O)N(CC(=O)O)CC1=CCCC1=O)C(=O)O. The molecule has 2 atom stereocenters. The van der Waals surface area contributed by atoms with Crippen LogP contribution >= 0.6 is 12.6 Å². The fourth-order valence-electron chi connectivity index (χ4n) is 2.47. The Morgan fingerprint density at radius 1 is 1.30 bits per heavy atom. The summed E-state index contributed by atoms with van der Waals surface area (Å²) in [6.45, 7) is -0.790. The van der Waals surface area contributed by atoms with Gasteiger partial charge in [0.25, 0.3) is 0 Å². The van der Waals surface area contributed by atoms with Gasteiger partial charge in [-0.3, -0.25) is 24.0 Å². The molecule has 11 heteroatoms. The van der Waals surface area contributed by atoms with E-state index in [-0.39, 0.29) is 30.9 Å². The summed E-state index contributed by atoms with van der Waals surface area (Å²) in [5, 5.41) is 20.1. The number of aliphatic carboxylic acids is 2. The third kappa shape index (κ3) is 7.39. The van der Waals surface area contributed by atoms with Crippen molar-refractivity contribution in [2.24, 2.45) is 5.73 Å². The van der Waals surface area contributed by atoms with Crippen molar-refractivity contribution in [2.75, 3.05) is 18.8 Å². The number of carboxylic acids is 2. The number of allylic oxidation sites excluding steroid dienone is 1. The van der Waals surface area contributed by atoms with Crippen LogP contribution in [0.2, 0.25) is 0 Å². The van der Waals surface area contributed by atoms with Crippen LogP contribution in [0.25, 0.3) is 0 Å². The number of nitrogens with two attached hydrogens (primary N) is 1. The first-order valence-electron chi connectivity index (χ1n) is 8.27. The second-order valence-electron chi connectivity index (χ2n) is 6.07. The van der Waals surface area contributed by atoms with Gasteiger partial charge >= 0.3 is 11.9 Å². The topological polar surface area (TPSA) is 167 Å². The summed E-state index contributed by atoms with van der Waals surface area (Å²) in [6.07, 6.45) is 2.19. The number of hydrogen-bond donors (Lipinski definition) is 5. The smallest absolute Gasteiger partial charge is 0.323 e. The van der Waals surface area contributed by atoms with Gasteiger partial charge in [0.05, 0.1) is 0 Å². The number of rotatable bonds is 11. The van der Waals surface area contributed by atoms with Crippen molar-refractivity contribution in [1.82, 2.24) is 10.2 Å². The summed E-state index contributed by atoms with van der Waals surface area (Å²) in [5.74, 6) is -4.04. The molecule has 1 rings (SSSR count). The molecule has 0 aromatic heterocycles. The molecule has 0 saturated carbocycles. The van der Waals surface area contributed by atoms with Gasteiger partial charge in [0.15, 0.2) is 5.78 Å². The third-order valence-corrected chi connectivity index (χ3v) is 4.30. The number of thiol groups is 1. The van der Waals surface area contributed by atoms with Crippen molar-refractivity contribution in [3.63, 3.8) is 0 Å². The Labute approximate surface area is 161 Å². The molecule has 1 aliphatic rings. The number of hydrogen-bond acceptors (Lipinski definition) is 7. The second kappa shape index (κ2) is 10.7. The lowest BCUT2D eigenvalue weighted by Gasteiger charge is -2.26. The highest BCUT2D eigenvalue weighted by atomic mass is 32.1. The quantitative estimate of drug-likeness (QED) is 0.269. The molecule has 10 nitrogen and oxygen atoms in total. The highest BCUT2D eigenvalue weighted by Crippen LogP contribution is 2.16. The fraction of sp³-hybridized carbons (Fsp3) is 0.562. The van der Waals surface area contributed by atoms with E-state index in [0.29, 0.717) is 18.4 Å². The van der Waals surface area contributed by atoms with E-state index in [0.717, 1.165) is 4.90 Å². The molecule has 27 heavy (non-hydrogen) atoms. The fourth-order valence-corrected chi connectivity index (χ4v) is 2.72. The lowest BCUT2D eigenvalue weighted by Crippen LogP contribution is -2.51. The number of carbonyl (C=O) groups is 5. The molecular formula is C16H23N3O7S. The van der Waals surface area contributed by atoms with E-state index in [2.05, 4.69) is 17.9 Å². The van der Waals surface area contributed by atoms with E-state index in [1.54, 1.807) is 6.08 Å². The van der Waals surface area contributed by atoms with Crippen LogP contribution in [0, 0.1) is 0 Å². The van der Waals surface area contributed by atoms with Gasteiger partial charge < -0.3 is 26.2 Å². The van der Waals surface area contributed by atoms with Crippen molar-refractivity contribution in [3.8, 4) is 0 Å². The van der Waals surface area contributed by atoms with Crippen molar-refractivity contribution >= 4 is 42.2 Å². The third-order valence-electron chi connectivity index (χ3n) is 3.93. The molecule has 0 aromatic rings. The summed E-state index contributed by atoms with van der Waals surface area (Å²) < 4.78 is 0. The van der Waals surface area contributed by atoms with Crippen LogP contribution in [0.4, 0.5) is 0 Å². The molecule has 0 aromatic carbocycles. The highest BCUT2D eigenvalue weighted by molar-refractivity contribution is 7.80. The maximum absolute atomic E-state index is 12.6. The predicted octanol–water partition coefficient (Wildman–Crippen LogP) is -1.20. The Morgan fingerprint density at radius 2 is 1.96 bits per heavy atom. The van der Waals surface area contributed by atoms with Crippen molar-refractivity contribution in [2.45, 2.75) is 37.8 Å². The molecule has 0 radical (unpaired) electrons. The number of carboxylic acid groups (broad SMARTS) is 2. The van der Waals surface area contributed by atoms with Gasteiger partial charge in [-0.05, 0) is 12.8 Å². The molecule has 150 valence electrons. The molecular weight excluding hydrogens is 378 g/mol. The molecule has 1 aliphatic carbocycles. The lowest BCUT2D eigenvalue weighted by atomic mass is 10.1. The maximum atomic E-state index is 12.6. The molecule has 0 saturated heterocycles. The van der Waals surface area contributed by atoms with E-state index in [4.69, 9.17) is 15.9 Å². The Kier molecular flexibility index (Phi) is 8.95. The summed E-state index contributed by atoms with van der Waals surface area (Å²) in [6, 6.07) is -2.32. The van der Waals surface area contributed by atoms with Crippen LogP contribution in [0.5, 0.6) is 0 Å². The van der Waals surface area contributed by atoms with E-state index in [1.165, 1.54) is 0 Å².